The van der Waals surface area contributed by atoms with Crippen molar-refractivity contribution in [1.82, 2.24) is 5.43 Å². The van der Waals surface area contributed by atoms with E-state index in [4.69, 9.17) is 4.74 Å². The predicted octanol–water partition coefficient (Wildman–Crippen LogP) is 6.62. The molecule has 0 spiro atoms. The fourth-order valence-electron chi connectivity index (χ4n) is 3.34. The van der Waals surface area contributed by atoms with Crippen LogP contribution in [0.5, 0.6) is 11.5 Å². The average Bonchev–Trinajstić information content (AvgIpc) is 2.90. The quantitative estimate of drug-likeness (QED) is 0.169. The maximum Gasteiger partial charge on any atom is 0.277 e. The Bertz CT molecular complexity index is 1400. The third kappa shape index (κ3) is 6.64. The minimum atomic E-state index is -0.427. The highest BCUT2D eigenvalue weighted by Crippen LogP contribution is 2.25. The molecular formula is C29H26N4O3. The highest BCUT2D eigenvalue weighted by atomic mass is 16.5. The lowest BCUT2D eigenvalue weighted by atomic mass is 10.1. The summed E-state index contributed by atoms with van der Waals surface area (Å²) in [7, 11) is 0. The van der Waals surface area contributed by atoms with Crippen LogP contribution in [0.4, 0.5) is 11.4 Å². The van der Waals surface area contributed by atoms with Gasteiger partial charge in [-0.05, 0) is 78.6 Å². The molecule has 1 amide bonds. The normalized spacial score (nSPS) is 11.2. The van der Waals surface area contributed by atoms with E-state index in [1.54, 1.807) is 12.1 Å². The number of amides is 1. The van der Waals surface area contributed by atoms with Crippen molar-refractivity contribution >= 4 is 23.5 Å². The van der Waals surface area contributed by atoms with E-state index in [0.29, 0.717) is 17.0 Å². The Morgan fingerprint density at radius 2 is 1.50 bits per heavy atom. The molecule has 0 bridgehead atoms. The summed E-state index contributed by atoms with van der Waals surface area (Å²) in [4.78, 5) is 12.1. The molecule has 0 aliphatic heterocycles. The molecule has 0 aliphatic rings. The minimum Gasteiger partial charge on any atom is -0.507 e. The van der Waals surface area contributed by atoms with E-state index in [1.165, 1.54) is 17.8 Å². The first-order chi connectivity index (χ1) is 17.5. The Balaban J connectivity index is 1.30. The Morgan fingerprint density at radius 3 is 2.22 bits per heavy atom. The number of hydrogen-bond acceptors (Lipinski definition) is 6. The molecule has 0 atom stereocenters. The van der Waals surface area contributed by atoms with Crippen molar-refractivity contribution in [1.29, 1.82) is 0 Å². The molecule has 0 saturated carbocycles. The lowest BCUT2D eigenvalue weighted by Crippen LogP contribution is -2.24. The van der Waals surface area contributed by atoms with Gasteiger partial charge in [0, 0.05) is 5.56 Å². The van der Waals surface area contributed by atoms with Gasteiger partial charge in [-0.3, -0.25) is 4.79 Å². The SMILES string of the molecule is Cc1ccc(N=Nc2ccc(O)c(C=NNC(=O)COc3ccc(-c4ccccc4)cc3)c2)cc1C. The van der Waals surface area contributed by atoms with E-state index < -0.39 is 5.91 Å². The summed E-state index contributed by atoms with van der Waals surface area (Å²) < 4.78 is 5.53. The number of phenols is 1. The van der Waals surface area contributed by atoms with Crippen molar-refractivity contribution in [2.45, 2.75) is 13.8 Å². The number of carbonyl (C=O) groups is 1. The van der Waals surface area contributed by atoms with Gasteiger partial charge in [0.15, 0.2) is 6.61 Å². The Labute approximate surface area is 209 Å². The van der Waals surface area contributed by atoms with Gasteiger partial charge in [0.05, 0.1) is 17.6 Å². The van der Waals surface area contributed by atoms with Crippen LogP contribution in [0.2, 0.25) is 0 Å². The molecule has 0 aliphatic carbocycles. The lowest BCUT2D eigenvalue weighted by molar-refractivity contribution is -0.123. The van der Waals surface area contributed by atoms with Crippen LogP contribution in [0, 0.1) is 13.8 Å². The Kier molecular flexibility index (Phi) is 7.83. The van der Waals surface area contributed by atoms with Crippen LogP contribution in [-0.4, -0.2) is 23.8 Å². The molecule has 4 rings (SSSR count). The average molecular weight is 479 g/mol. The summed E-state index contributed by atoms with van der Waals surface area (Å²) in [5.74, 6) is 0.157. The predicted molar refractivity (Wildman–Crippen MR) is 141 cm³/mol. The standard InChI is InChI=1S/C29H26N4O3/c1-20-8-11-25(16-21(20)2)31-32-26-12-15-28(34)24(17-26)18-30-33-29(35)19-36-27-13-9-23(10-14-27)22-6-4-3-5-7-22/h3-18,34H,19H2,1-2H3,(H,33,35). The fourth-order valence-corrected chi connectivity index (χ4v) is 3.34. The third-order valence-corrected chi connectivity index (χ3v) is 5.51. The largest absolute Gasteiger partial charge is 0.507 e. The maximum absolute atomic E-state index is 12.1. The molecule has 180 valence electrons. The van der Waals surface area contributed by atoms with E-state index in [1.807, 2.05) is 86.6 Å². The number of aryl methyl sites for hydroxylation is 2. The van der Waals surface area contributed by atoms with E-state index in [0.717, 1.165) is 22.4 Å². The zero-order valence-electron chi connectivity index (χ0n) is 20.1. The number of rotatable bonds is 8. The maximum atomic E-state index is 12.1. The van der Waals surface area contributed by atoms with Crippen molar-refractivity contribution in [2.24, 2.45) is 15.3 Å². The molecule has 0 fully saturated rings. The zero-order chi connectivity index (χ0) is 25.3. The fraction of sp³-hybridized carbons (Fsp3) is 0.103. The van der Waals surface area contributed by atoms with E-state index >= 15 is 0 Å². The number of nitrogens with one attached hydrogen (secondary N) is 1. The van der Waals surface area contributed by atoms with Gasteiger partial charge in [-0.1, -0.05) is 48.5 Å². The van der Waals surface area contributed by atoms with Crippen molar-refractivity contribution in [3.63, 3.8) is 0 Å². The first-order valence-electron chi connectivity index (χ1n) is 11.4. The molecule has 36 heavy (non-hydrogen) atoms. The number of ether oxygens (including phenoxy) is 1. The van der Waals surface area contributed by atoms with Crippen LogP contribution in [-0.2, 0) is 4.79 Å². The molecule has 7 nitrogen and oxygen atoms in total. The monoisotopic (exact) mass is 478 g/mol. The number of azo groups is 1. The van der Waals surface area contributed by atoms with Crippen molar-refractivity contribution in [3.05, 3.63) is 108 Å². The van der Waals surface area contributed by atoms with E-state index in [2.05, 4.69) is 20.8 Å². The van der Waals surface area contributed by atoms with E-state index in [-0.39, 0.29) is 12.4 Å². The molecule has 2 N–H and O–H groups in total. The summed E-state index contributed by atoms with van der Waals surface area (Å²) in [6, 6.07) is 28.1. The first kappa shape index (κ1) is 24.3. The highest BCUT2D eigenvalue weighted by molar-refractivity contribution is 5.86. The Hall–Kier alpha value is -4.78. The van der Waals surface area contributed by atoms with Crippen LogP contribution >= 0.6 is 0 Å². The molecule has 0 saturated heterocycles. The number of benzene rings is 4. The summed E-state index contributed by atoms with van der Waals surface area (Å²) in [5.41, 5.74) is 8.56. The van der Waals surface area contributed by atoms with E-state index in [9.17, 15) is 9.90 Å². The van der Waals surface area contributed by atoms with Crippen LogP contribution in [0.25, 0.3) is 11.1 Å². The van der Waals surface area contributed by atoms with Crippen LogP contribution in [0.15, 0.2) is 106 Å². The summed E-state index contributed by atoms with van der Waals surface area (Å²) in [6.45, 7) is 3.86. The lowest BCUT2D eigenvalue weighted by Gasteiger charge is -2.07. The topological polar surface area (TPSA) is 95.6 Å². The summed E-state index contributed by atoms with van der Waals surface area (Å²) >= 11 is 0. The van der Waals surface area contributed by atoms with Crippen molar-refractivity contribution in [3.8, 4) is 22.6 Å². The number of nitrogens with zero attached hydrogens (tertiary/aromatic N) is 3. The van der Waals surface area contributed by atoms with Gasteiger partial charge >= 0.3 is 0 Å². The molecule has 4 aromatic rings. The molecule has 0 unspecified atom stereocenters. The minimum absolute atomic E-state index is 0.00730. The second-order valence-corrected chi connectivity index (χ2v) is 8.18. The van der Waals surface area contributed by atoms with Crippen LogP contribution < -0.4 is 10.2 Å². The van der Waals surface area contributed by atoms with Gasteiger partial charge in [-0.25, -0.2) is 5.43 Å². The highest BCUT2D eigenvalue weighted by Gasteiger charge is 2.04. The number of hydrogen-bond donors (Lipinski definition) is 2. The number of hydrazone groups is 1. The van der Waals surface area contributed by atoms with Crippen molar-refractivity contribution < 1.29 is 14.6 Å². The van der Waals surface area contributed by atoms with Crippen LogP contribution in [0.3, 0.4) is 0 Å². The summed E-state index contributed by atoms with van der Waals surface area (Å²) in [5, 5.41) is 22.5. The molecular weight excluding hydrogens is 452 g/mol. The van der Waals surface area contributed by atoms with Gasteiger partial charge in [0.2, 0.25) is 0 Å². The number of carbonyl (C=O) groups excluding carboxylic acids is 1. The molecule has 0 aromatic heterocycles. The van der Waals surface area contributed by atoms with Gasteiger partial charge in [-0.15, -0.1) is 0 Å². The smallest absolute Gasteiger partial charge is 0.277 e. The Morgan fingerprint density at radius 1 is 0.833 bits per heavy atom. The zero-order valence-corrected chi connectivity index (χ0v) is 20.1. The van der Waals surface area contributed by atoms with Crippen LogP contribution in [0.1, 0.15) is 16.7 Å². The second-order valence-electron chi connectivity index (χ2n) is 8.18. The van der Waals surface area contributed by atoms with Crippen molar-refractivity contribution in [2.75, 3.05) is 6.61 Å². The van der Waals surface area contributed by atoms with Gasteiger partial charge in [-0.2, -0.15) is 15.3 Å². The number of phenolic OH excluding ortho intramolecular Hbond substituents is 1. The second kappa shape index (κ2) is 11.6. The molecule has 4 aromatic carbocycles. The van der Waals surface area contributed by atoms with Gasteiger partial charge in [0.25, 0.3) is 5.91 Å². The van der Waals surface area contributed by atoms with Gasteiger partial charge < -0.3 is 9.84 Å². The molecule has 7 heteroatoms. The summed E-state index contributed by atoms with van der Waals surface area (Å²) in [6.07, 6.45) is 1.34. The first-order valence-corrected chi connectivity index (χ1v) is 11.4. The van der Waals surface area contributed by atoms with Gasteiger partial charge in [0.1, 0.15) is 11.5 Å². The molecule has 0 radical (unpaired) electrons. The number of aromatic hydroxyl groups is 1. The third-order valence-electron chi connectivity index (χ3n) is 5.51. The molecule has 0 heterocycles.